The van der Waals surface area contributed by atoms with E-state index >= 15 is 0 Å². The van der Waals surface area contributed by atoms with Crippen LogP contribution in [0, 0.1) is 0 Å². The number of hydrogen-bond acceptors (Lipinski definition) is 11. The van der Waals surface area contributed by atoms with E-state index in [1.165, 1.54) is 89.9 Å². The molecule has 0 aromatic carbocycles. The molecule has 6 atom stereocenters. The first-order chi connectivity index (χ1) is 27.0. The van der Waals surface area contributed by atoms with E-state index in [0.717, 1.165) is 38.5 Å². The van der Waals surface area contributed by atoms with Crippen molar-refractivity contribution in [2.75, 3.05) is 19.0 Å². The number of unbranched alkanes of at least 4 members (excludes halogenated alkanes) is 17. The fourth-order valence-electron chi connectivity index (χ4n) is 6.31. The number of aliphatic hydroxyl groups is 3. The molecule has 0 radical (unpaired) electrons. The molecule has 1 fully saturated rings. The molecule has 4 N–H and O–H groups in total. The molecular formula is C43H76O12S. The van der Waals surface area contributed by atoms with Crippen molar-refractivity contribution in [1.82, 2.24) is 0 Å². The largest absolute Gasteiger partial charge is 0.462 e. The van der Waals surface area contributed by atoms with Gasteiger partial charge in [0.15, 0.2) is 12.4 Å². The average molecular weight is 817 g/mol. The Morgan fingerprint density at radius 1 is 0.607 bits per heavy atom. The molecule has 0 aliphatic carbocycles. The van der Waals surface area contributed by atoms with Crippen molar-refractivity contribution in [3.05, 3.63) is 36.5 Å². The van der Waals surface area contributed by atoms with Gasteiger partial charge in [-0.2, -0.15) is 8.42 Å². The molecular weight excluding hydrogens is 741 g/mol. The summed E-state index contributed by atoms with van der Waals surface area (Å²) in [6.07, 6.45) is 27.8. The lowest BCUT2D eigenvalue weighted by Gasteiger charge is -2.40. The number of rotatable bonds is 35. The quantitative estimate of drug-likeness (QED) is 0.0208. The summed E-state index contributed by atoms with van der Waals surface area (Å²) in [5, 5.41) is 30.8. The summed E-state index contributed by atoms with van der Waals surface area (Å²) in [5.74, 6) is -2.07. The standard InChI is InChI=1S/C43H76O12S/c1-3-5-7-9-11-13-15-17-18-20-21-23-25-27-29-31-38(44)52-33-36(34-53-43-42(48)41(47)40(46)37(55-43)35-56(49,50)51)54-39(45)32-30-28-26-24-22-19-16-14-12-10-8-6-4-2/h13,15,19,22,26,28,36-37,40-43,46-48H,3-12,14,16-18,20-21,23-25,27,29-35H2,1-2H3,(H,49,50,51)/b15-13+,22-19+,28-26+/t36?,37-,40-,41?,42?,43+/m1/s1. The predicted molar refractivity (Wildman–Crippen MR) is 219 cm³/mol. The van der Waals surface area contributed by atoms with Gasteiger partial charge in [0.2, 0.25) is 0 Å². The molecule has 12 nitrogen and oxygen atoms in total. The molecule has 56 heavy (non-hydrogen) atoms. The zero-order valence-electron chi connectivity index (χ0n) is 34.5. The second kappa shape index (κ2) is 33.8. The molecule has 0 spiro atoms. The molecule has 1 aliphatic rings. The van der Waals surface area contributed by atoms with Crippen molar-refractivity contribution in [3.63, 3.8) is 0 Å². The van der Waals surface area contributed by atoms with Gasteiger partial charge in [0, 0.05) is 12.8 Å². The number of carbonyl (C=O) groups excluding carboxylic acids is 2. The summed E-state index contributed by atoms with van der Waals surface area (Å²) in [6, 6.07) is 0. The third kappa shape index (κ3) is 28.3. The van der Waals surface area contributed by atoms with Crippen molar-refractivity contribution in [1.29, 1.82) is 0 Å². The van der Waals surface area contributed by atoms with Gasteiger partial charge in [-0.3, -0.25) is 14.1 Å². The van der Waals surface area contributed by atoms with Gasteiger partial charge < -0.3 is 34.3 Å². The lowest BCUT2D eigenvalue weighted by atomic mass is 10.00. The van der Waals surface area contributed by atoms with E-state index in [0.29, 0.717) is 12.8 Å². The van der Waals surface area contributed by atoms with Crippen LogP contribution in [0.25, 0.3) is 0 Å². The van der Waals surface area contributed by atoms with Gasteiger partial charge in [0.05, 0.1) is 6.61 Å². The lowest BCUT2D eigenvalue weighted by Crippen LogP contribution is -2.60. The highest BCUT2D eigenvalue weighted by atomic mass is 32.2. The number of esters is 2. The summed E-state index contributed by atoms with van der Waals surface area (Å²) in [4.78, 5) is 25.3. The van der Waals surface area contributed by atoms with E-state index in [4.69, 9.17) is 18.9 Å². The summed E-state index contributed by atoms with van der Waals surface area (Å²) < 4.78 is 53.9. The number of carbonyl (C=O) groups is 2. The van der Waals surface area contributed by atoms with Crippen molar-refractivity contribution in [2.45, 2.75) is 205 Å². The van der Waals surface area contributed by atoms with Crippen molar-refractivity contribution >= 4 is 22.1 Å². The summed E-state index contributed by atoms with van der Waals surface area (Å²) in [5.41, 5.74) is 0. The SMILES string of the molecule is CCCCCC/C=C/CCCCCCCCCC(=O)OCC(CO[C@H]1O[C@H](CS(=O)(=O)O)[C@@H](O)C(O)C1O)OC(=O)CC/C=C/C/C=C/CCCCCCCC. The fourth-order valence-corrected chi connectivity index (χ4v) is 7.00. The Bertz CT molecular complexity index is 1190. The maximum atomic E-state index is 12.7. The van der Waals surface area contributed by atoms with Crippen LogP contribution in [-0.2, 0) is 38.7 Å². The second-order valence-corrected chi connectivity index (χ2v) is 16.5. The molecule has 1 rings (SSSR count). The molecule has 1 aliphatic heterocycles. The van der Waals surface area contributed by atoms with Crippen LogP contribution in [0.3, 0.4) is 0 Å². The van der Waals surface area contributed by atoms with Gasteiger partial charge >= 0.3 is 11.9 Å². The molecule has 0 amide bonds. The van der Waals surface area contributed by atoms with Crippen LogP contribution < -0.4 is 0 Å². The van der Waals surface area contributed by atoms with Crippen molar-refractivity contribution in [3.8, 4) is 0 Å². The van der Waals surface area contributed by atoms with Gasteiger partial charge in [0.1, 0.15) is 36.8 Å². The van der Waals surface area contributed by atoms with Crippen molar-refractivity contribution < 1.29 is 56.8 Å². The smallest absolute Gasteiger partial charge is 0.306 e. The molecule has 3 unspecified atom stereocenters. The van der Waals surface area contributed by atoms with E-state index in [-0.39, 0.29) is 19.4 Å². The van der Waals surface area contributed by atoms with E-state index < -0.39 is 71.2 Å². The van der Waals surface area contributed by atoms with Gasteiger partial charge in [-0.15, -0.1) is 0 Å². The van der Waals surface area contributed by atoms with Crippen LogP contribution in [0.5, 0.6) is 0 Å². The Kier molecular flexibility index (Phi) is 31.3. The van der Waals surface area contributed by atoms with Crippen LogP contribution in [0.15, 0.2) is 36.5 Å². The summed E-state index contributed by atoms with van der Waals surface area (Å²) in [7, 11) is -4.61. The molecule has 0 saturated carbocycles. The maximum Gasteiger partial charge on any atom is 0.306 e. The predicted octanol–water partition coefficient (Wildman–Crippen LogP) is 8.22. The van der Waals surface area contributed by atoms with Crippen LogP contribution >= 0.6 is 0 Å². The Balaban J connectivity index is 2.51. The van der Waals surface area contributed by atoms with Gasteiger partial charge in [0.25, 0.3) is 10.1 Å². The molecule has 326 valence electrons. The number of ether oxygens (including phenoxy) is 4. The molecule has 0 aromatic heterocycles. The lowest BCUT2D eigenvalue weighted by molar-refractivity contribution is -0.297. The molecule has 0 bridgehead atoms. The van der Waals surface area contributed by atoms with Crippen LogP contribution in [-0.4, -0.2) is 96.0 Å². The Morgan fingerprint density at radius 2 is 1.11 bits per heavy atom. The summed E-state index contributed by atoms with van der Waals surface area (Å²) >= 11 is 0. The van der Waals surface area contributed by atoms with Crippen LogP contribution in [0.2, 0.25) is 0 Å². The minimum atomic E-state index is -4.61. The highest BCUT2D eigenvalue weighted by Crippen LogP contribution is 2.24. The number of allylic oxidation sites excluding steroid dienone is 6. The summed E-state index contributed by atoms with van der Waals surface area (Å²) in [6.45, 7) is 3.67. The van der Waals surface area contributed by atoms with Gasteiger partial charge in [-0.1, -0.05) is 134 Å². The van der Waals surface area contributed by atoms with Crippen molar-refractivity contribution in [2.24, 2.45) is 0 Å². The van der Waals surface area contributed by atoms with E-state index in [2.05, 4.69) is 38.2 Å². The monoisotopic (exact) mass is 817 g/mol. The Labute approximate surface area is 338 Å². The Morgan fingerprint density at radius 3 is 1.68 bits per heavy atom. The first-order valence-electron chi connectivity index (χ1n) is 21.5. The third-order valence-electron chi connectivity index (χ3n) is 9.71. The molecule has 1 heterocycles. The minimum Gasteiger partial charge on any atom is -0.462 e. The highest BCUT2D eigenvalue weighted by Gasteiger charge is 2.46. The normalized spacial score (nSPS) is 21.0. The number of hydrogen-bond donors (Lipinski definition) is 4. The topological polar surface area (TPSA) is 186 Å². The maximum absolute atomic E-state index is 12.7. The second-order valence-electron chi connectivity index (χ2n) is 15.0. The first-order valence-corrected chi connectivity index (χ1v) is 23.2. The molecule has 0 aromatic rings. The van der Waals surface area contributed by atoms with E-state index in [9.17, 15) is 37.9 Å². The van der Waals surface area contributed by atoms with E-state index in [1.54, 1.807) is 0 Å². The minimum absolute atomic E-state index is 0.0577. The zero-order chi connectivity index (χ0) is 41.3. The van der Waals surface area contributed by atoms with E-state index in [1.807, 2.05) is 12.2 Å². The van der Waals surface area contributed by atoms with Gasteiger partial charge in [-0.25, -0.2) is 0 Å². The molecule has 13 heteroatoms. The van der Waals surface area contributed by atoms with Crippen LogP contribution in [0.4, 0.5) is 0 Å². The van der Waals surface area contributed by atoms with Crippen LogP contribution in [0.1, 0.15) is 168 Å². The zero-order valence-corrected chi connectivity index (χ0v) is 35.3. The highest BCUT2D eigenvalue weighted by molar-refractivity contribution is 7.85. The molecule has 1 saturated heterocycles. The fraction of sp³-hybridized carbons (Fsp3) is 0.814. The van der Waals surface area contributed by atoms with Gasteiger partial charge in [-0.05, 0) is 57.8 Å². The number of aliphatic hydroxyl groups excluding tert-OH is 3. The Hall–Kier alpha value is -2.13. The third-order valence-corrected chi connectivity index (χ3v) is 10.5. The first kappa shape index (κ1) is 51.9. The average Bonchev–Trinajstić information content (AvgIpc) is 3.16.